The van der Waals surface area contributed by atoms with E-state index in [1.54, 1.807) is 0 Å². The summed E-state index contributed by atoms with van der Waals surface area (Å²) in [6.07, 6.45) is 4.35. The molecular weight excluding hydrogens is 234 g/mol. The van der Waals surface area contributed by atoms with Crippen LogP contribution in [0.1, 0.15) is 51.7 Å². The topological polar surface area (TPSA) is 35.2 Å². The Kier molecular flexibility index (Phi) is 6.93. The molecule has 0 aromatic heterocycles. The fourth-order valence-electron chi connectivity index (χ4n) is 2.21. The van der Waals surface area contributed by atoms with E-state index >= 15 is 0 Å². The molecule has 0 aliphatic heterocycles. The van der Waals surface area contributed by atoms with Crippen molar-refractivity contribution in [2.45, 2.75) is 59.4 Å². The van der Waals surface area contributed by atoms with Crippen LogP contribution in [0.4, 0.5) is 0 Å². The number of benzene rings is 1. The van der Waals surface area contributed by atoms with Crippen LogP contribution in [0.5, 0.6) is 5.75 Å². The highest BCUT2D eigenvalue weighted by molar-refractivity contribution is 5.37. The second kappa shape index (κ2) is 8.21. The molecule has 0 bridgehead atoms. The van der Waals surface area contributed by atoms with Gasteiger partial charge in [-0.3, -0.25) is 0 Å². The van der Waals surface area contributed by atoms with E-state index in [2.05, 4.69) is 39.0 Å². The van der Waals surface area contributed by atoms with Gasteiger partial charge in [0, 0.05) is 6.04 Å². The standard InChI is InChI=1S/C17H29NO/c1-5-14-10-11-17(19-6-2)15(12-14)8-7-9-16(18)13(3)4/h10-13,16H,5-9,18H2,1-4H3. The van der Waals surface area contributed by atoms with Crippen molar-refractivity contribution >= 4 is 0 Å². The predicted molar refractivity (Wildman–Crippen MR) is 82.7 cm³/mol. The van der Waals surface area contributed by atoms with Gasteiger partial charge in [0.1, 0.15) is 5.75 Å². The summed E-state index contributed by atoms with van der Waals surface area (Å²) in [5.41, 5.74) is 8.81. The van der Waals surface area contributed by atoms with Gasteiger partial charge in [0.2, 0.25) is 0 Å². The predicted octanol–water partition coefficient (Wildman–Crippen LogP) is 3.95. The van der Waals surface area contributed by atoms with Crippen LogP contribution in [-0.2, 0) is 12.8 Å². The third kappa shape index (κ3) is 5.23. The van der Waals surface area contributed by atoms with Gasteiger partial charge >= 0.3 is 0 Å². The van der Waals surface area contributed by atoms with Gasteiger partial charge in [-0.25, -0.2) is 0 Å². The molecule has 0 heterocycles. The van der Waals surface area contributed by atoms with E-state index in [1.165, 1.54) is 11.1 Å². The van der Waals surface area contributed by atoms with E-state index in [9.17, 15) is 0 Å². The van der Waals surface area contributed by atoms with E-state index in [-0.39, 0.29) is 0 Å². The zero-order valence-electron chi connectivity index (χ0n) is 12.9. The first kappa shape index (κ1) is 16.0. The second-order valence-electron chi connectivity index (χ2n) is 5.53. The third-order valence-corrected chi connectivity index (χ3v) is 3.67. The van der Waals surface area contributed by atoms with Crippen LogP contribution < -0.4 is 10.5 Å². The highest BCUT2D eigenvalue weighted by Crippen LogP contribution is 2.23. The van der Waals surface area contributed by atoms with Gasteiger partial charge < -0.3 is 10.5 Å². The number of nitrogens with two attached hydrogens (primary N) is 1. The van der Waals surface area contributed by atoms with E-state index in [0.717, 1.165) is 38.0 Å². The van der Waals surface area contributed by atoms with Crippen molar-refractivity contribution in [1.29, 1.82) is 0 Å². The van der Waals surface area contributed by atoms with Gasteiger partial charge in [-0.1, -0.05) is 32.9 Å². The zero-order chi connectivity index (χ0) is 14.3. The van der Waals surface area contributed by atoms with Crippen molar-refractivity contribution in [2.75, 3.05) is 6.61 Å². The molecule has 19 heavy (non-hydrogen) atoms. The monoisotopic (exact) mass is 263 g/mol. The summed E-state index contributed by atoms with van der Waals surface area (Å²) < 4.78 is 5.71. The minimum Gasteiger partial charge on any atom is -0.494 e. The molecule has 0 aliphatic carbocycles. The molecule has 0 amide bonds. The van der Waals surface area contributed by atoms with E-state index in [4.69, 9.17) is 10.5 Å². The molecule has 0 aliphatic rings. The Bertz CT molecular complexity index is 374. The third-order valence-electron chi connectivity index (χ3n) is 3.67. The second-order valence-corrected chi connectivity index (χ2v) is 5.53. The van der Waals surface area contributed by atoms with Crippen molar-refractivity contribution in [3.05, 3.63) is 29.3 Å². The highest BCUT2D eigenvalue weighted by Gasteiger charge is 2.09. The van der Waals surface area contributed by atoms with E-state index < -0.39 is 0 Å². The first-order chi connectivity index (χ1) is 9.08. The van der Waals surface area contributed by atoms with Crippen LogP contribution in [0.3, 0.4) is 0 Å². The molecule has 2 N–H and O–H groups in total. The molecule has 108 valence electrons. The maximum atomic E-state index is 6.10. The summed E-state index contributed by atoms with van der Waals surface area (Å²) in [6, 6.07) is 6.87. The molecule has 0 saturated heterocycles. The molecule has 0 spiro atoms. The van der Waals surface area contributed by atoms with Crippen LogP contribution in [-0.4, -0.2) is 12.6 Å². The lowest BCUT2D eigenvalue weighted by molar-refractivity contribution is 0.335. The van der Waals surface area contributed by atoms with Crippen LogP contribution in [0.2, 0.25) is 0 Å². The van der Waals surface area contributed by atoms with Gasteiger partial charge in [-0.05, 0) is 55.7 Å². The van der Waals surface area contributed by atoms with Crippen LogP contribution >= 0.6 is 0 Å². The lowest BCUT2D eigenvalue weighted by Gasteiger charge is -2.16. The van der Waals surface area contributed by atoms with E-state index in [1.807, 2.05) is 6.92 Å². The summed E-state index contributed by atoms with van der Waals surface area (Å²) in [6.45, 7) is 9.33. The maximum Gasteiger partial charge on any atom is 0.122 e. The highest BCUT2D eigenvalue weighted by atomic mass is 16.5. The normalized spacial score (nSPS) is 12.7. The van der Waals surface area contributed by atoms with Gasteiger partial charge in [-0.2, -0.15) is 0 Å². The summed E-state index contributed by atoms with van der Waals surface area (Å²) in [5, 5.41) is 0. The number of aryl methyl sites for hydroxylation is 2. The number of ether oxygens (including phenoxy) is 1. The van der Waals surface area contributed by atoms with E-state index in [0.29, 0.717) is 12.0 Å². The van der Waals surface area contributed by atoms with Crippen LogP contribution in [0.15, 0.2) is 18.2 Å². The van der Waals surface area contributed by atoms with Crippen molar-refractivity contribution < 1.29 is 4.74 Å². The van der Waals surface area contributed by atoms with Crippen molar-refractivity contribution in [3.63, 3.8) is 0 Å². The molecule has 0 saturated carbocycles. The Morgan fingerprint density at radius 2 is 1.95 bits per heavy atom. The largest absolute Gasteiger partial charge is 0.494 e. The molecule has 1 unspecified atom stereocenters. The quantitative estimate of drug-likeness (QED) is 0.770. The fraction of sp³-hybridized carbons (Fsp3) is 0.647. The molecular formula is C17H29NO. The molecule has 2 nitrogen and oxygen atoms in total. The summed E-state index contributed by atoms with van der Waals surface area (Å²) in [7, 11) is 0. The molecule has 1 aromatic carbocycles. The lowest BCUT2D eigenvalue weighted by Crippen LogP contribution is -2.26. The van der Waals surface area contributed by atoms with Gasteiger partial charge in [-0.15, -0.1) is 0 Å². The zero-order valence-corrected chi connectivity index (χ0v) is 12.9. The number of hydrogen-bond acceptors (Lipinski definition) is 2. The SMILES string of the molecule is CCOc1ccc(CC)cc1CCCC(N)C(C)C. The molecule has 0 fully saturated rings. The minimum absolute atomic E-state index is 0.310. The van der Waals surface area contributed by atoms with Crippen molar-refractivity contribution in [3.8, 4) is 5.75 Å². The first-order valence-electron chi connectivity index (χ1n) is 7.58. The average Bonchev–Trinajstić information content (AvgIpc) is 2.40. The Labute approximate surface area is 118 Å². The molecule has 2 heteroatoms. The Balaban J connectivity index is 2.63. The molecule has 0 radical (unpaired) electrons. The Morgan fingerprint density at radius 1 is 1.21 bits per heavy atom. The first-order valence-corrected chi connectivity index (χ1v) is 7.58. The Morgan fingerprint density at radius 3 is 2.53 bits per heavy atom. The van der Waals surface area contributed by atoms with Crippen molar-refractivity contribution in [2.24, 2.45) is 11.7 Å². The molecule has 1 atom stereocenters. The maximum absolute atomic E-state index is 6.10. The summed E-state index contributed by atoms with van der Waals surface area (Å²) >= 11 is 0. The molecule has 1 rings (SSSR count). The fourth-order valence-corrected chi connectivity index (χ4v) is 2.21. The summed E-state index contributed by atoms with van der Waals surface area (Å²) in [5.74, 6) is 1.60. The number of rotatable bonds is 8. The summed E-state index contributed by atoms with van der Waals surface area (Å²) in [4.78, 5) is 0. The van der Waals surface area contributed by atoms with Crippen LogP contribution in [0, 0.1) is 5.92 Å². The average molecular weight is 263 g/mol. The smallest absolute Gasteiger partial charge is 0.122 e. The van der Waals surface area contributed by atoms with Crippen molar-refractivity contribution in [1.82, 2.24) is 0 Å². The Hall–Kier alpha value is -1.02. The minimum atomic E-state index is 0.310. The van der Waals surface area contributed by atoms with Gasteiger partial charge in [0.15, 0.2) is 0 Å². The number of hydrogen-bond donors (Lipinski definition) is 1. The van der Waals surface area contributed by atoms with Crippen LogP contribution in [0.25, 0.3) is 0 Å². The van der Waals surface area contributed by atoms with Gasteiger partial charge in [0.25, 0.3) is 0 Å². The molecule has 1 aromatic rings. The lowest BCUT2D eigenvalue weighted by atomic mass is 9.96. The van der Waals surface area contributed by atoms with Gasteiger partial charge in [0.05, 0.1) is 6.61 Å².